The van der Waals surface area contributed by atoms with Crippen molar-refractivity contribution in [1.29, 1.82) is 0 Å². The van der Waals surface area contributed by atoms with E-state index in [2.05, 4.69) is 50.3 Å². The van der Waals surface area contributed by atoms with Gasteiger partial charge in [-0.25, -0.2) is 0 Å². The molecule has 0 radical (unpaired) electrons. The van der Waals surface area contributed by atoms with E-state index in [1.807, 2.05) is 0 Å². The molecule has 0 rings (SSSR count). The first-order valence-electron chi connectivity index (χ1n) is 36.0. The molecule has 0 aliphatic carbocycles. The molecule has 0 aromatic heterocycles. The standard InChI is InChI=1S/C74H140O5/c1-3-5-7-9-11-13-15-17-19-21-23-25-27-29-30-31-32-33-34-35-36-37-38-39-40-41-42-43-45-46-48-50-52-54-56-58-60-62-64-66-68-73(76)78-71-72(70-75)79-74(77)69-67-65-63-61-59-57-55-53-51-49-47-44-28-26-24-22-20-18-16-14-12-10-8-6-4-2/h16,18,22,24,28,44,72,75H,3-15,17,19-21,23,25-27,29-43,45-71H2,1-2H3/b18-16-,24-22-,44-28-. The van der Waals surface area contributed by atoms with Gasteiger partial charge in [0, 0.05) is 12.8 Å². The minimum absolute atomic E-state index is 0.0627. The van der Waals surface area contributed by atoms with Crippen LogP contribution in [0.2, 0.25) is 0 Å². The van der Waals surface area contributed by atoms with Crippen LogP contribution in [0.15, 0.2) is 36.5 Å². The molecule has 5 heteroatoms. The summed E-state index contributed by atoms with van der Waals surface area (Å²) in [5, 5.41) is 9.69. The van der Waals surface area contributed by atoms with Crippen molar-refractivity contribution in [3.8, 4) is 0 Å². The van der Waals surface area contributed by atoms with Gasteiger partial charge in [-0.2, -0.15) is 0 Å². The number of rotatable bonds is 68. The summed E-state index contributed by atoms with van der Waals surface area (Å²) in [5.74, 6) is -0.574. The molecule has 5 nitrogen and oxygen atoms in total. The summed E-state index contributed by atoms with van der Waals surface area (Å²) >= 11 is 0. The van der Waals surface area contributed by atoms with Gasteiger partial charge in [-0.15, -0.1) is 0 Å². The molecule has 79 heavy (non-hydrogen) atoms. The molecule has 0 aromatic carbocycles. The predicted molar refractivity (Wildman–Crippen MR) is 348 cm³/mol. The van der Waals surface area contributed by atoms with Crippen molar-refractivity contribution in [1.82, 2.24) is 0 Å². The Hall–Kier alpha value is -1.88. The molecule has 1 unspecified atom stereocenters. The van der Waals surface area contributed by atoms with Crippen LogP contribution in [0.25, 0.3) is 0 Å². The van der Waals surface area contributed by atoms with Crippen LogP contribution in [-0.2, 0) is 19.1 Å². The summed E-state index contributed by atoms with van der Waals surface area (Å²) in [6, 6.07) is 0. The number of carbonyl (C=O) groups excluding carboxylic acids is 2. The average Bonchev–Trinajstić information content (AvgIpc) is 3.45. The van der Waals surface area contributed by atoms with Gasteiger partial charge in [-0.3, -0.25) is 9.59 Å². The Morgan fingerprint density at radius 2 is 0.506 bits per heavy atom. The van der Waals surface area contributed by atoms with Gasteiger partial charge < -0.3 is 14.6 Å². The first kappa shape index (κ1) is 77.1. The molecular formula is C74H140O5. The first-order valence-corrected chi connectivity index (χ1v) is 36.0. The van der Waals surface area contributed by atoms with Gasteiger partial charge in [0.1, 0.15) is 6.61 Å². The highest BCUT2D eigenvalue weighted by molar-refractivity contribution is 5.70. The summed E-state index contributed by atoms with van der Waals surface area (Å²) < 4.78 is 10.8. The molecule has 0 saturated carbocycles. The fourth-order valence-corrected chi connectivity index (χ4v) is 11.3. The molecule has 1 N–H and O–H groups in total. The normalized spacial score (nSPS) is 12.3. The number of unbranched alkanes of at least 4 members (excludes halogenated alkanes) is 54. The van der Waals surface area contributed by atoms with Crippen molar-refractivity contribution in [2.45, 2.75) is 412 Å². The van der Waals surface area contributed by atoms with Gasteiger partial charge in [-0.05, 0) is 51.4 Å². The van der Waals surface area contributed by atoms with Gasteiger partial charge >= 0.3 is 11.9 Å². The second kappa shape index (κ2) is 70.4. The van der Waals surface area contributed by atoms with Crippen molar-refractivity contribution in [3.05, 3.63) is 36.5 Å². The van der Waals surface area contributed by atoms with Crippen LogP contribution in [-0.4, -0.2) is 36.4 Å². The van der Waals surface area contributed by atoms with Gasteiger partial charge in [0.25, 0.3) is 0 Å². The molecular weight excluding hydrogens is 969 g/mol. The van der Waals surface area contributed by atoms with Crippen molar-refractivity contribution < 1.29 is 24.2 Å². The summed E-state index contributed by atoms with van der Waals surface area (Å²) in [4.78, 5) is 24.6. The maximum atomic E-state index is 12.3. The third-order valence-electron chi connectivity index (χ3n) is 16.7. The number of allylic oxidation sites excluding steroid dienone is 6. The van der Waals surface area contributed by atoms with E-state index in [0.717, 1.165) is 44.9 Å². The molecule has 0 aliphatic rings. The molecule has 466 valence electrons. The monoisotopic (exact) mass is 1110 g/mol. The number of carbonyl (C=O) groups is 2. The highest BCUT2D eigenvalue weighted by Crippen LogP contribution is 2.19. The molecule has 0 aromatic rings. The van der Waals surface area contributed by atoms with E-state index < -0.39 is 6.10 Å². The fraction of sp³-hybridized carbons (Fsp3) is 0.892. The summed E-state index contributed by atoms with van der Waals surface area (Å²) in [6.45, 7) is 4.19. The lowest BCUT2D eigenvalue weighted by Gasteiger charge is -2.15. The Bertz CT molecular complexity index is 1260. The van der Waals surface area contributed by atoms with E-state index in [-0.39, 0.29) is 25.2 Å². The zero-order valence-corrected chi connectivity index (χ0v) is 53.7. The van der Waals surface area contributed by atoms with E-state index in [1.54, 1.807) is 0 Å². The summed E-state index contributed by atoms with van der Waals surface area (Å²) in [6.07, 6.45) is 93.5. The topological polar surface area (TPSA) is 72.8 Å². The van der Waals surface area contributed by atoms with E-state index in [9.17, 15) is 14.7 Å². The quantitative estimate of drug-likeness (QED) is 0.0373. The predicted octanol–water partition coefficient (Wildman–Crippen LogP) is 24.9. The van der Waals surface area contributed by atoms with Crippen molar-refractivity contribution in [2.75, 3.05) is 13.2 Å². The Kier molecular flexibility index (Phi) is 68.7. The van der Waals surface area contributed by atoms with Gasteiger partial charge in [0.2, 0.25) is 0 Å². The Morgan fingerprint density at radius 1 is 0.291 bits per heavy atom. The lowest BCUT2D eigenvalue weighted by Crippen LogP contribution is -2.28. The number of aliphatic hydroxyl groups excluding tert-OH is 1. The number of hydrogen-bond acceptors (Lipinski definition) is 5. The van der Waals surface area contributed by atoms with E-state index in [1.165, 1.54) is 334 Å². The molecule has 0 heterocycles. The first-order chi connectivity index (χ1) is 39.1. The smallest absolute Gasteiger partial charge is 0.306 e. The van der Waals surface area contributed by atoms with E-state index in [4.69, 9.17) is 9.47 Å². The highest BCUT2D eigenvalue weighted by atomic mass is 16.6. The van der Waals surface area contributed by atoms with Crippen molar-refractivity contribution in [3.63, 3.8) is 0 Å². The second-order valence-electron chi connectivity index (χ2n) is 24.7. The van der Waals surface area contributed by atoms with Crippen LogP contribution in [0.5, 0.6) is 0 Å². The van der Waals surface area contributed by atoms with Gasteiger partial charge in [0.15, 0.2) is 6.10 Å². The second-order valence-corrected chi connectivity index (χ2v) is 24.7. The van der Waals surface area contributed by atoms with Gasteiger partial charge in [0.05, 0.1) is 6.61 Å². The lowest BCUT2D eigenvalue weighted by atomic mass is 10.0. The fourth-order valence-electron chi connectivity index (χ4n) is 11.3. The summed E-state index contributed by atoms with van der Waals surface area (Å²) in [7, 11) is 0. The Labute approximate surface area is 495 Å². The molecule has 0 bridgehead atoms. The van der Waals surface area contributed by atoms with E-state index in [0.29, 0.717) is 12.8 Å². The van der Waals surface area contributed by atoms with Crippen LogP contribution in [0.3, 0.4) is 0 Å². The summed E-state index contributed by atoms with van der Waals surface area (Å²) in [5.41, 5.74) is 0. The number of hydrogen-bond donors (Lipinski definition) is 1. The van der Waals surface area contributed by atoms with Crippen LogP contribution in [0.4, 0.5) is 0 Å². The zero-order valence-electron chi connectivity index (χ0n) is 53.7. The van der Waals surface area contributed by atoms with E-state index >= 15 is 0 Å². The minimum atomic E-state index is -0.774. The number of esters is 2. The lowest BCUT2D eigenvalue weighted by molar-refractivity contribution is -0.161. The Morgan fingerprint density at radius 3 is 0.759 bits per heavy atom. The largest absolute Gasteiger partial charge is 0.462 e. The number of ether oxygens (including phenoxy) is 2. The molecule has 1 atom stereocenters. The maximum Gasteiger partial charge on any atom is 0.306 e. The van der Waals surface area contributed by atoms with Crippen LogP contribution < -0.4 is 0 Å². The average molecular weight is 1110 g/mol. The SMILES string of the molecule is CCCCCCC/C=C\C/C=C\C/C=C\CCCCCCCCCCCCC(=O)OC(CO)COC(=O)CCCCCCCCCCCCCCCCCCCCCCCCCCCCCCCCCCCCCCCCCC. The molecule has 0 amide bonds. The highest BCUT2D eigenvalue weighted by Gasteiger charge is 2.16. The van der Waals surface area contributed by atoms with Gasteiger partial charge in [-0.1, -0.05) is 378 Å². The number of aliphatic hydroxyl groups is 1. The molecule has 0 fully saturated rings. The molecule has 0 saturated heterocycles. The van der Waals surface area contributed by atoms with Crippen molar-refractivity contribution >= 4 is 11.9 Å². The van der Waals surface area contributed by atoms with Crippen molar-refractivity contribution in [2.24, 2.45) is 0 Å². The third-order valence-corrected chi connectivity index (χ3v) is 16.7. The molecule has 0 aliphatic heterocycles. The maximum absolute atomic E-state index is 12.3. The van der Waals surface area contributed by atoms with Crippen LogP contribution in [0.1, 0.15) is 406 Å². The third kappa shape index (κ3) is 68.5. The van der Waals surface area contributed by atoms with Crippen LogP contribution >= 0.6 is 0 Å². The zero-order chi connectivity index (χ0) is 56.9. The Balaban J connectivity index is 3.37. The molecule has 0 spiro atoms. The van der Waals surface area contributed by atoms with Crippen LogP contribution in [0, 0.1) is 0 Å². The minimum Gasteiger partial charge on any atom is -0.462 e.